The van der Waals surface area contributed by atoms with Crippen molar-refractivity contribution in [3.63, 3.8) is 0 Å². The molecule has 0 aromatic heterocycles. The van der Waals surface area contributed by atoms with Gasteiger partial charge in [-0.2, -0.15) is 0 Å². The quantitative estimate of drug-likeness (QED) is 0.747. The van der Waals surface area contributed by atoms with Crippen LogP contribution >= 0.6 is 0 Å². The van der Waals surface area contributed by atoms with Crippen molar-refractivity contribution in [3.8, 4) is 0 Å². The third kappa shape index (κ3) is 5.93. The number of hydrogen-bond donors (Lipinski definition) is 2. The molecule has 154 valence electrons. The molecule has 1 aromatic carbocycles. The van der Waals surface area contributed by atoms with Crippen LogP contribution in [-0.4, -0.2) is 80.9 Å². The smallest absolute Gasteiger partial charge is 0.317 e. The van der Waals surface area contributed by atoms with E-state index in [1.54, 1.807) is 4.90 Å². The zero-order valence-corrected chi connectivity index (χ0v) is 17.0. The van der Waals surface area contributed by atoms with Gasteiger partial charge in [-0.25, -0.2) is 13.2 Å². The van der Waals surface area contributed by atoms with Crippen LogP contribution in [0.25, 0.3) is 0 Å². The molecule has 2 aliphatic rings. The van der Waals surface area contributed by atoms with Gasteiger partial charge in [-0.1, -0.05) is 17.7 Å². The molecule has 1 atom stereocenters. The Kier molecular flexibility index (Phi) is 6.56. The number of piperazine rings is 1. The second-order valence-electron chi connectivity index (χ2n) is 7.63. The van der Waals surface area contributed by atoms with Gasteiger partial charge in [0.25, 0.3) is 0 Å². The number of nitrogens with zero attached hydrogens (tertiary/aromatic N) is 2. The van der Waals surface area contributed by atoms with E-state index in [-0.39, 0.29) is 29.4 Å². The number of urea groups is 1. The number of benzene rings is 1. The molecule has 0 spiro atoms. The normalized spacial score (nSPS) is 22.0. The van der Waals surface area contributed by atoms with Crippen molar-refractivity contribution in [2.75, 3.05) is 56.1 Å². The molecule has 28 heavy (non-hydrogen) atoms. The Balaban J connectivity index is 1.36. The van der Waals surface area contributed by atoms with Crippen LogP contribution in [0.15, 0.2) is 24.3 Å². The largest absolute Gasteiger partial charge is 0.338 e. The first-order valence-corrected chi connectivity index (χ1v) is 11.4. The predicted molar refractivity (Wildman–Crippen MR) is 108 cm³/mol. The summed E-state index contributed by atoms with van der Waals surface area (Å²) in [7, 11) is -2.92. The first kappa shape index (κ1) is 20.6. The molecule has 3 amide bonds. The molecule has 3 rings (SSSR count). The second kappa shape index (κ2) is 8.91. The second-order valence-corrected chi connectivity index (χ2v) is 9.86. The Hall–Kier alpha value is -2.13. The average molecular weight is 409 g/mol. The molecule has 9 heteroatoms. The lowest BCUT2D eigenvalue weighted by Gasteiger charge is -2.34. The van der Waals surface area contributed by atoms with Crippen LogP contribution in [0.4, 0.5) is 10.5 Å². The number of aryl methyl sites for hydroxylation is 1. The van der Waals surface area contributed by atoms with E-state index < -0.39 is 9.84 Å². The monoisotopic (exact) mass is 408 g/mol. The van der Waals surface area contributed by atoms with Gasteiger partial charge in [-0.15, -0.1) is 0 Å². The van der Waals surface area contributed by atoms with Gasteiger partial charge < -0.3 is 15.5 Å². The Bertz CT molecular complexity index is 802. The Morgan fingerprint density at radius 3 is 2.39 bits per heavy atom. The van der Waals surface area contributed by atoms with Crippen molar-refractivity contribution in [1.29, 1.82) is 0 Å². The molecular weight excluding hydrogens is 380 g/mol. The Labute approximate surface area is 166 Å². The highest BCUT2D eigenvalue weighted by atomic mass is 32.2. The van der Waals surface area contributed by atoms with E-state index in [2.05, 4.69) is 10.6 Å². The third-order valence-corrected chi connectivity index (χ3v) is 7.07. The van der Waals surface area contributed by atoms with Crippen LogP contribution in [0.5, 0.6) is 0 Å². The van der Waals surface area contributed by atoms with Crippen LogP contribution in [0, 0.1) is 12.8 Å². The molecule has 2 heterocycles. The highest BCUT2D eigenvalue weighted by molar-refractivity contribution is 7.91. The topological polar surface area (TPSA) is 98.8 Å². The summed E-state index contributed by atoms with van der Waals surface area (Å²) >= 11 is 0. The minimum absolute atomic E-state index is 0.0145. The number of nitrogens with one attached hydrogen (secondary N) is 2. The van der Waals surface area contributed by atoms with Gasteiger partial charge in [-0.3, -0.25) is 9.69 Å². The molecule has 0 saturated carbocycles. The summed E-state index contributed by atoms with van der Waals surface area (Å²) in [4.78, 5) is 28.2. The highest BCUT2D eigenvalue weighted by Gasteiger charge is 2.29. The van der Waals surface area contributed by atoms with Gasteiger partial charge in [0, 0.05) is 38.4 Å². The summed E-state index contributed by atoms with van der Waals surface area (Å²) < 4.78 is 23.0. The van der Waals surface area contributed by atoms with Gasteiger partial charge in [0.1, 0.15) is 0 Å². The van der Waals surface area contributed by atoms with E-state index >= 15 is 0 Å². The maximum atomic E-state index is 12.3. The Morgan fingerprint density at radius 1 is 1.11 bits per heavy atom. The lowest BCUT2D eigenvalue weighted by atomic mass is 10.1. The molecule has 1 unspecified atom stereocenters. The van der Waals surface area contributed by atoms with Crippen molar-refractivity contribution in [2.45, 2.75) is 13.3 Å². The van der Waals surface area contributed by atoms with E-state index in [4.69, 9.17) is 0 Å². The lowest BCUT2D eigenvalue weighted by Crippen LogP contribution is -2.53. The first-order chi connectivity index (χ1) is 13.3. The standard InChI is InChI=1S/C19H28N4O4S/c1-15-2-4-17(5-3-15)21-18(24)13-22-7-9-23(10-8-22)19(25)20-12-16-6-11-28(26,27)14-16/h2-5,16H,6-14H2,1H3,(H,20,25)(H,21,24). The van der Waals surface area contributed by atoms with Gasteiger partial charge in [0.15, 0.2) is 9.84 Å². The van der Waals surface area contributed by atoms with Crippen molar-refractivity contribution in [1.82, 2.24) is 15.1 Å². The van der Waals surface area contributed by atoms with Crippen LogP contribution < -0.4 is 10.6 Å². The zero-order chi connectivity index (χ0) is 20.1. The first-order valence-electron chi connectivity index (χ1n) is 9.63. The van der Waals surface area contributed by atoms with E-state index in [0.29, 0.717) is 45.7 Å². The zero-order valence-electron chi connectivity index (χ0n) is 16.2. The summed E-state index contributed by atoms with van der Waals surface area (Å²) in [6.45, 7) is 5.05. The van der Waals surface area contributed by atoms with Crippen molar-refractivity contribution in [2.24, 2.45) is 5.92 Å². The molecule has 2 aliphatic heterocycles. The van der Waals surface area contributed by atoms with E-state index in [0.717, 1.165) is 11.3 Å². The van der Waals surface area contributed by atoms with E-state index in [1.807, 2.05) is 36.1 Å². The van der Waals surface area contributed by atoms with Crippen LogP contribution in [0.2, 0.25) is 0 Å². The summed E-state index contributed by atoms with van der Waals surface area (Å²) in [5.41, 5.74) is 1.92. The average Bonchev–Trinajstić information content (AvgIpc) is 3.01. The lowest BCUT2D eigenvalue weighted by molar-refractivity contribution is -0.117. The van der Waals surface area contributed by atoms with Gasteiger partial charge in [0.05, 0.1) is 18.1 Å². The fourth-order valence-corrected chi connectivity index (χ4v) is 5.39. The van der Waals surface area contributed by atoms with Crippen LogP contribution in [0.3, 0.4) is 0 Å². The Morgan fingerprint density at radius 2 is 1.79 bits per heavy atom. The van der Waals surface area contributed by atoms with Gasteiger partial charge in [0.2, 0.25) is 5.91 Å². The highest BCUT2D eigenvalue weighted by Crippen LogP contribution is 2.17. The fraction of sp³-hybridized carbons (Fsp3) is 0.579. The molecule has 0 radical (unpaired) electrons. The summed E-state index contributed by atoms with van der Waals surface area (Å²) in [6, 6.07) is 7.51. The number of hydrogen-bond acceptors (Lipinski definition) is 5. The van der Waals surface area contributed by atoms with Crippen molar-refractivity contribution in [3.05, 3.63) is 29.8 Å². The third-order valence-electron chi connectivity index (χ3n) is 5.23. The predicted octanol–water partition coefficient (Wildman–Crippen LogP) is 0.695. The number of anilines is 1. The van der Waals surface area contributed by atoms with Crippen molar-refractivity contribution >= 4 is 27.5 Å². The molecule has 2 saturated heterocycles. The minimum Gasteiger partial charge on any atom is -0.338 e. The molecule has 2 fully saturated rings. The van der Waals surface area contributed by atoms with Crippen molar-refractivity contribution < 1.29 is 18.0 Å². The number of rotatable bonds is 5. The molecular formula is C19H28N4O4S. The van der Waals surface area contributed by atoms with E-state index in [9.17, 15) is 18.0 Å². The SMILES string of the molecule is Cc1ccc(NC(=O)CN2CCN(C(=O)NCC3CCS(=O)(=O)C3)CC2)cc1. The van der Waals surface area contributed by atoms with Crippen LogP contribution in [0.1, 0.15) is 12.0 Å². The maximum Gasteiger partial charge on any atom is 0.317 e. The van der Waals surface area contributed by atoms with Crippen LogP contribution in [-0.2, 0) is 14.6 Å². The summed E-state index contributed by atoms with van der Waals surface area (Å²) in [6.07, 6.45) is 0.618. The molecule has 2 N–H and O–H groups in total. The van der Waals surface area contributed by atoms with E-state index in [1.165, 1.54) is 0 Å². The van der Waals surface area contributed by atoms with Gasteiger partial charge in [-0.05, 0) is 31.4 Å². The number of amides is 3. The molecule has 1 aromatic rings. The number of carbonyl (C=O) groups is 2. The fourth-order valence-electron chi connectivity index (χ4n) is 3.53. The summed E-state index contributed by atoms with van der Waals surface area (Å²) in [5.74, 6) is 0.332. The maximum absolute atomic E-state index is 12.3. The summed E-state index contributed by atoms with van der Waals surface area (Å²) in [5, 5.41) is 5.74. The van der Waals surface area contributed by atoms with Gasteiger partial charge >= 0.3 is 6.03 Å². The molecule has 0 aliphatic carbocycles. The molecule has 0 bridgehead atoms. The molecule has 8 nitrogen and oxygen atoms in total. The number of sulfone groups is 1. The minimum atomic E-state index is -2.92. The number of carbonyl (C=O) groups excluding carboxylic acids is 2.